The smallest absolute Gasteiger partial charge is 0.256 e. The number of primary amides is 1. The highest BCUT2D eigenvalue weighted by molar-refractivity contribution is 9.10. The van der Waals surface area contributed by atoms with Gasteiger partial charge in [0.15, 0.2) is 0 Å². The van der Waals surface area contributed by atoms with Gasteiger partial charge in [-0.2, -0.15) is 0 Å². The van der Waals surface area contributed by atoms with Crippen LogP contribution in [0.3, 0.4) is 0 Å². The van der Waals surface area contributed by atoms with Crippen LogP contribution in [0.25, 0.3) is 0 Å². The van der Waals surface area contributed by atoms with E-state index in [1.807, 2.05) is 0 Å². The monoisotopic (exact) mass is 380 g/mol. The lowest BCUT2D eigenvalue weighted by molar-refractivity contribution is 0.0991. The first-order valence-electron chi connectivity index (χ1n) is 6.65. The van der Waals surface area contributed by atoms with Gasteiger partial charge in [0.05, 0.1) is 18.8 Å². The summed E-state index contributed by atoms with van der Waals surface area (Å²) in [5, 5.41) is 3.29. The Kier molecular flexibility index (Phi) is 4.28. The van der Waals surface area contributed by atoms with E-state index in [4.69, 9.17) is 10.5 Å². The highest BCUT2D eigenvalue weighted by atomic mass is 79.9. The summed E-state index contributed by atoms with van der Waals surface area (Å²) in [6, 6.07) is 6.99. The number of rotatable bonds is 3. The van der Waals surface area contributed by atoms with Crippen LogP contribution < -0.4 is 11.1 Å². The molecule has 3 rings (SSSR count). The lowest BCUT2D eigenvalue weighted by atomic mass is 10.1. The molecule has 3 N–H and O–H groups in total. The average molecular weight is 381 g/mol. The van der Waals surface area contributed by atoms with E-state index in [1.54, 1.807) is 24.3 Å². The molecule has 114 valence electrons. The van der Waals surface area contributed by atoms with Crippen LogP contribution in [0.2, 0.25) is 0 Å². The van der Waals surface area contributed by atoms with Gasteiger partial charge in [0.1, 0.15) is 5.00 Å². The summed E-state index contributed by atoms with van der Waals surface area (Å²) in [5.41, 5.74) is 7.31. The lowest BCUT2D eigenvalue weighted by Gasteiger charge is -2.12. The molecule has 0 aliphatic carbocycles. The summed E-state index contributed by atoms with van der Waals surface area (Å²) in [6.07, 6.45) is 0.637. The fraction of sp³-hybridized carbons (Fsp3) is 0.200. The first-order chi connectivity index (χ1) is 10.6. The van der Waals surface area contributed by atoms with Gasteiger partial charge in [-0.25, -0.2) is 0 Å². The van der Waals surface area contributed by atoms with Crippen molar-refractivity contribution in [2.24, 2.45) is 5.73 Å². The van der Waals surface area contributed by atoms with Crippen molar-refractivity contribution in [1.29, 1.82) is 0 Å². The Balaban J connectivity index is 1.91. The molecule has 0 saturated carbocycles. The average Bonchev–Trinajstić information content (AvgIpc) is 2.85. The van der Waals surface area contributed by atoms with E-state index < -0.39 is 5.91 Å². The van der Waals surface area contributed by atoms with E-state index in [0.717, 1.165) is 14.9 Å². The molecule has 1 aliphatic heterocycles. The standard InChI is InChI=1S/C15H13BrN2O3S/c16-9-3-1-8(2-4-9)14(20)18-15-12(13(17)19)10-5-6-21-7-11(10)22-15/h1-4H,5-7H2,(H2,17,19)(H,18,20). The molecule has 0 fully saturated rings. The lowest BCUT2D eigenvalue weighted by Crippen LogP contribution is -2.19. The van der Waals surface area contributed by atoms with Crippen LogP contribution in [-0.4, -0.2) is 18.4 Å². The summed E-state index contributed by atoms with van der Waals surface area (Å²) in [6.45, 7) is 1.01. The molecular formula is C15H13BrN2O3S. The zero-order valence-corrected chi connectivity index (χ0v) is 13.9. The van der Waals surface area contributed by atoms with Gasteiger partial charge in [0.25, 0.3) is 11.8 Å². The van der Waals surface area contributed by atoms with Crippen molar-refractivity contribution in [3.05, 3.63) is 50.3 Å². The summed E-state index contributed by atoms with van der Waals surface area (Å²) < 4.78 is 6.28. The predicted molar refractivity (Wildman–Crippen MR) is 88.3 cm³/mol. The third kappa shape index (κ3) is 2.92. The molecule has 1 aliphatic rings. The minimum atomic E-state index is -0.523. The van der Waals surface area contributed by atoms with Gasteiger partial charge in [-0.15, -0.1) is 11.3 Å². The van der Waals surface area contributed by atoms with Crippen LogP contribution in [0.5, 0.6) is 0 Å². The zero-order chi connectivity index (χ0) is 15.7. The molecular weight excluding hydrogens is 368 g/mol. The molecule has 2 aromatic rings. The third-order valence-electron chi connectivity index (χ3n) is 3.40. The van der Waals surface area contributed by atoms with Crippen LogP contribution in [0.1, 0.15) is 31.2 Å². The van der Waals surface area contributed by atoms with E-state index in [0.29, 0.717) is 35.8 Å². The molecule has 0 unspecified atom stereocenters. The second-order valence-corrected chi connectivity index (χ2v) is 6.86. The van der Waals surface area contributed by atoms with Gasteiger partial charge in [-0.3, -0.25) is 9.59 Å². The first-order valence-corrected chi connectivity index (χ1v) is 8.26. The molecule has 22 heavy (non-hydrogen) atoms. The number of benzene rings is 1. The van der Waals surface area contributed by atoms with Crippen LogP contribution in [0, 0.1) is 0 Å². The number of thiophene rings is 1. The highest BCUT2D eigenvalue weighted by Crippen LogP contribution is 2.36. The topological polar surface area (TPSA) is 81.4 Å². The number of halogens is 1. The Morgan fingerprint density at radius 2 is 2.00 bits per heavy atom. The van der Waals surface area contributed by atoms with E-state index in [1.165, 1.54) is 11.3 Å². The van der Waals surface area contributed by atoms with E-state index >= 15 is 0 Å². The second kappa shape index (κ2) is 6.20. The number of nitrogens with two attached hydrogens (primary N) is 1. The number of fused-ring (bicyclic) bond motifs is 1. The van der Waals surface area contributed by atoms with Gasteiger partial charge in [0, 0.05) is 14.9 Å². The Hall–Kier alpha value is -1.70. The van der Waals surface area contributed by atoms with E-state index in [9.17, 15) is 9.59 Å². The van der Waals surface area contributed by atoms with Crippen LogP contribution in [0.15, 0.2) is 28.7 Å². The van der Waals surface area contributed by atoms with Gasteiger partial charge in [-0.05, 0) is 36.2 Å². The number of anilines is 1. The van der Waals surface area contributed by atoms with Crippen LogP contribution >= 0.6 is 27.3 Å². The van der Waals surface area contributed by atoms with E-state index in [-0.39, 0.29) is 5.91 Å². The first kappa shape index (κ1) is 15.2. The minimum Gasteiger partial charge on any atom is -0.376 e. The predicted octanol–water partition coefficient (Wildman–Crippen LogP) is 2.93. The molecule has 2 amide bonds. The molecule has 0 radical (unpaired) electrons. The molecule has 0 bridgehead atoms. The Bertz CT molecular complexity index is 740. The molecule has 1 aromatic carbocycles. The summed E-state index contributed by atoms with van der Waals surface area (Å²) in [5.74, 6) is -0.792. The maximum atomic E-state index is 12.3. The van der Waals surface area contributed by atoms with Gasteiger partial charge < -0.3 is 15.8 Å². The summed E-state index contributed by atoms with van der Waals surface area (Å²) in [7, 11) is 0. The number of hydrogen-bond acceptors (Lipinski definition) is 4. The van der Waals surface area contributed by atoms with Crippen molar-refractivity contribution >= 4 is 44.1 Å². The minimum absolute atomic E-state index is 0.269. The maximum Gasteiger partial charge on any atom is 0.256 e. The molecule has 0 atom stereocenters. The van der Waals surface area contributed by atoms with Crippen molar-refractivity contribution in [3.8, 4) is 0 Å². The number of nitrogens with one attached hydrogen (secondary N) is 1. The highest BCUT2D eigenvalue weighted by Gasteiger charge is 2.25. The second-order valence-electron chi connectivity index (χ2n) is 4.84. The SMILES string of the molecule is NC(=O)c1c(NC(=O)c2ccc(Br)cc2)sc2c1CCOC2. The number of carbonyl (C=O) groups excluding carboxylic acids is 2. The fourth-order valence-electron chi connectivity index (χ4n) is 2.36. The van der Waals surface area contributed by atoms with Crippen LogP contribution in [0.4, 0.5) is 5.00 Å². The Morgan fingerprint density at radius 3 is 2.68 bits per heavy atom. The molecule has 0 saturated heterocycles. The van der Waals surface area contributed by atoms with Crippen molar-refractivity contribution in [2.75, 3.05) is 11.9 Å². The zero-order valence-electron chi connectivity index (χ0n) is 11.5. The molecule has 5 nitrogen and oxygen atoms in total. The van der Waals surface area contributed by atoms with E-state index in [2.05, 4.69) is 21.2 Å². The molecule has 2 heterocycles. The number of hydrogen-bond donors (Lipinski definition) is 2. The van der Waals surface area contributed by atoms with Crippen molar-refractivity contribution < 1.29 is 14.3 Å². The molecule has 7 heteroatoms. The van der Waals surface area contributed by atoms with Crippen molar-refractivity contribution in [3.63, 3.8) is 0 Å². The quantitative estimate of drug-likeness (QED) is 0.858. The van der Waals surface area contributed by atoms with Crippen molar-refractivity contribution in [2.45, 2.75) is 13.0 Å². The third-order valence-corrected chi connectivity index (χ3v) is 5.05. The molecule has 1 aromatic heterocycles. The molecule has 0 spiro atoms. The Labute approximate surface area is 139 Å². The summed E-state index contributed by atoms with van der Waals surface area (Å²) in [4.78, 5) is 25.0. The van der Waals surface area contributed by atoms with Crippen molar-refractivity contribution in [1.82, 2.24) is 0 Å². The number of amides is 2. The van der Waals surface area contributed by atoms with Gasteiger partial charge in [-0.1, -0.05) is 15.9 Å². The fourth-order valence-corrected chi connectivity index (χ4v) is 3.81. The van der Waals surface area contributed by atoms with Crippen LogP contribution in [-0.2, 0) is 17.8 Å². The van der Waals surface area contributed by atoms with Gasteiger partial charge in [0.2, 0.25) is 0 Å². The normalized spacial score (nSPS) is 13.5. The Morgan fingerprint density at radius 1 is 1.27 bits per heavy atom. The summed E-state index contributed by atoms with van der Waals surface area (Å²) >= 11 is 4.68. The maximum absolute atomic E-state index is 12.3. The number of carbonyl (C=O) groups is 2. The largest absolute Gasteiger partial charge is 0.376 e. The van der Waals surface area contributed by atoms with Gasteiger partial charge >= 0.3 is 0 Å². The number of ether oxygens (including phenoxy) is 1.